The van der Waals surface area contributed by atoms with E-state index in [1.807, 2.05) is 25.6 Å². The largest absolute Gasteiger partial charge is 0.379 e. The number of halogens is 1. The third-order valence-electron chi connectivity index (χ3n) is 5.87. The number of hydrogen-bond acceptors (Lipinski definition) is 5. The highest BCUT2D eigenvalue weighted by molar-refractivity contribution is 14.0. The Balaban J connectivity index is 0.00000261. The Morgan fingerprint density at radius 1 is 1.15 bits per heavy atom. The summed E-state index contributed by atoms with van der Waals surface area (Å²) in [6, 6.07) is 0. The summed E-state index contributed by atoms with van der Waals surface area (Å²) in [7, 11) is 3.80. The van der Waals surface area contributed by atoms with Crippen LogP contribution in [0.3, 0.4) is 0 Å². The Bertz CT molecular complexity index is 607. The molecule has 0 atom stereocenters. The van der Waals surface area contributed by atoms with Crippen LogP contribution in [0.1, 0.15) is 43.8 Å². The van der Waals surface area contributed by atoms with E-state index in [2.05, 4.69) is 30.7 Å². The van der Waals surface area contributed by atoms with Gasteiger partial charge in [-0.1, -0.05) is 19.3 Å². The molecule has 0 unspecified atom stereocenters. The molecule has 2 fully saturated rings. The van der Waals surface area contributed by atoms with Crippen LogP contribution in [0, 0.1) is 6.92 Å². The smallest absolute Gasteiger partial charge is 0.191 e. The number of guanidine groups is 1. The van der Waals surface area contributed by atoms with E-state index in [1.165, 1.54) is 32.1 Å². The SMILES string of the molecule is CN=C(NCc1nnc(C)n1C)NCC1(N2CCOCC2)CCCCC1.I. The minimum Gasteiger partial charge on any atom is -0.379 e. The summed E-state index contributed by atoms with van der Waals surface area (Å²) in [6.45, 7) is 7.25. The zero-order valence-corrected chi connectivity index (χ0v) is 19.2. The van der Waals surface area contributed by atoms with E-state index < -0.39 is 0 Å². The lowest BCUT2D eigenvalue weighted by atomic mass is 9.80. The molecule has 1 aromatic rings. The molecule has 2 heterocycles. The number of nitrogens with one attached hydrogen (secondary N) is 2. The fraction of sp³-hybridized carbons (Fsp3) is 0.833. The molecule has 154 valence electrons. The summed E-state index contributed by atoms with van der Waals surface area (Å²) < 4.78 is 7.57. The van der Waals surface area contributed by atoms with E-state index in [0.717, 1.165) is 50.5 Å². The Labute approximate surface area is 179 Å². The van der Waals surface area contributed by atoms with Gasteiger partial charge in [-0.05, 0) is 19.8 Å². The lowest BCUT2D eigenvalue weighted by molar-refractivity contribution is -0.0352. The van der Waals surface area contributed by atoms with Gasteiger partial charge in [0.15, 0.2) is 11.8 Å². The minimum atomic E-state index is 0. The van der Waals surface area contributed by atoms with Crippen molar-refractivity contribution >= 4 is 29.9 Å². The van der Waals surface area contributed by atoms with Gasteiger partial charge in [0.1, 0.15) is 5.82 Å². The molecule has 0 aromatic carbocycles. The Kier molecular flexibility index (Phi) is 8.74. The number of aromatic nitrogens is 3. The van der Waals surface area contributed by atoms with Crippen LogP contribution in [0.5, 0.6) is 0 Å². The molecule has 0 amide bonds. The normalized spacial score (nSPS) is 20.8. The van der Waals surface area contributed by atoms with Gasteiger partial charge >= 0.3 is 0 Å². The average molecular weight is 491 g/mol. The zero-order chi connectivity index (χ0) is 18.4. The first-order valence-corrected chi connectivity index (χ1v) is 9.77. The molecule has 9 heteroatoms. The molecule has 0 radical (unpaired) electrons. The Morgan fingerprint density at radius 3 is 2.44 bits per heavy atom. The maximum atomic E-state index is 5.57. The number of aryl methyl sites for hydroxylation is 1. The predicted molar refractivity (Wildman–Crippen MR) is 118 cm³/mol. The van der Waals surface area contributed by atoms with Crippen molar-refractivity contribution in [2.45, 2.75) is 51.1 Å². The van der Waals surface area contributed by atoms with Gasteiger partial charge in [0, 0.05) is 39.3 Å². The van der Waals surface area contributed by atoms with Crippen molar-refractivity contribution in [2.24, 2.45) is 12.0 Å². The first-order valence-electron chi connectivity index (χ1n) is 9.77. The quantitative estimate of drug-likeness (QED) is 0.369. The number of rotatable bonds is 5. The zero-order valence-electron chi connectivity index (χ0n) is 16.8. The second-order valence-corrected chi connectivity index (χ2v) is 7.39. The number of nitrogens with zero attached hydrogens (tertiary/aromatic N) is 5. The highest BCUT2D eigenvalue weighted by Crippen LogP contribution is 2.33. The van der Waals surface area contributed by atoms with Crippen LogP contribution in [0.2, 0.25) is 0 Å². The summed E-state index contributed by atoms with van der Waals surface area (Å²) in [5.74, 6) is 2.65. The molecule has 1 aliphatic carbocycles. The van der Waals surface area contributed by atoms with Crippen molar-refractivity contribution in [3.05, 3.63) is 11.6 Å². The van der Waals surface area contributed by atoms with Crippen LogP contribution in [0.25, 0.3) is 0 Å². The van der Waals surface area contributed by atoms with Crippen molar-refractivity contribution in [2.75, 3.05) is 39.9 Å². The number of morpholine rings is 1. The number of aliphatic imine (C=N–C) groups is 1. The molecule has 0 spiro atoms. The van der Waals surface area contributed by atoms with E-state index in [0.29, 0.717) is 6.54 Å². The molecule has 0 bridgehead atoms. The second-order valence-electron chi connectivity index (χ2n) is 7.39. The lowest BCUT2D eigenvalue weighted by Crippen LogP contribution is -2.60. The van der Waals surface area contributed by atoms with Gasteiger partial charge in [-0.15, -0.1) is 34.2 Å². The van der Waals surface area contributed by atoms with Gasteiger partial charge in [0.25, 0.3) is 0 Å². The van der Waals surface area contributed by atoms with Crippen LogP contribution in [-0.2, 0) is 18.3 Å². The average Bonchev–Trinajstić information content (AvgIpc) is 3.01. The van der Waals surface area contributed by atoms with Crippen molar-refractivity contribution in [1.29, 1.82) is 0 Å². The predicted octanol–water partition coefficient (Wildman–Crippen LogP) is 1.44. The van der Waals surface area contributed by atoms with E-state index >= 15 is 0 Å². The Hall–Kier alpha value is -0.940. The molecule has 1 aromatic heterocycles. The van der Waals surface area contributed by atoms with E-state index in [4.69, 9.17) is 4.74 Å². The molecular formula is C18H34IN7O. The molecule has 3 rings (SSSR count). The van der Waals surface area contributed by atoms with Crippen LogP contribution in [0.15, 0.2) is 4.99 Å². The van der Waals surface area contributed by atoms with Gasteiger partial charge in [0.2, 0.25) is 0 Å². The third kappa shape index (κ3) is 5.54. The number of hydrogen-bond donors (Lipinski definition) is 2. The van der Waals surface area contributed by atoms with Crippen molar-refractivity contribution in [3.8, 4) is 0 Å². The van der Waals surface area contributed by atoms with Gasteiger partial charge in [-0.2, -0.15) is 0 Å². The topological polar surface area (TPSA) is 79.6 Å². The molecule has 1 saturated heterocycles. The van der Waals surface area contributed by atoms with Crippen LogP contribution >= 0.6 is 24.0 Å². The standard InChI is InChI=1S/C18H33N7O.HI/c1-15-22-23-16(24(15)3)13-20-17(19-2)21-14-18(7-5-4-6-8-18)25-9-11-26-12-10-25;/h4-14H2,1-3H3,(H2,19,20,21);1H. The fourth-order valence-electron chi connectivity index (χ4n) is 4.09. The molecule has 1 saturated carbocycles. The highest BCUT2D eigenvalue weighted by Gasteiger charge is 2.38. The Morgan fingerprint density at radius 2 is 1.85 bits per heavy atom. The third-order valence-corrected chi connectivity index (χ3v) is 5.87. The highest BCUT2D eigenvalue weighted by atomic mass is 127. The van der Waals surface area contributed by atoms with Gasteiger partial charge in [-0.3, -0.25) is 9.89 Å². The van der Waals surface area contributed by atoms with Crippen LogP contribution in [-0.4, -0.2) is 71.1 Å². The molecule has 8 nitrogen and oxygen atoms in total. The summed E-state index contributed by atoms with van der Waals surface area (Å²) in [4.78, 5) is 7.03. The minimum absolute atomic E-state index is 0. The van der Waals surface area contributed by atoms with Crippen LogP contribution < -0.4 is 10.6 Å². The lowest BCUT2D eigenvalue weighted by Gasteiger charge is -2.48. The first kappa shape index (κ1) is 22.4. The molecular weight excluding hydrogens is 457 g/mol. The summed E-state index contributed by atoms with van der Waals surface area (Å²) in [6.07, 6.45) is 6.47. The molecule has 2 N–H and O–H groups in total. The molecule has 27 heavy (non-hydrogen) atoms. The molecule has 2 aliphatic rings. The van der Waals surface area contributed by atoms with Gasteiger partial charge in [-0.25, -0.2) is 0 Å². The van der Waals surface area contributed by atoms with Crippen molar-refractivity contribution in [1.82, 2.24) is 30.3 Å². The van der Waals surface area contributed by atoms with Gasteiger partial charge < -0.3 is 19.9 Å². The van der Waals surface area contributed by atoms with E-state index in [9.17, 15) is 0 Å². The summed E-state index contributed by atoms with van der Waals surface area (Å²) in [5, 5.41) is 15.3. The van der Waals surface area contributed by atoms with E-state index in [1.54, 1.807) is 0 Å². The second kappa shape index (κ2) is 10.6. The van der Waals surface area contributed by atoms with E-state index in [-0.39, 0.29) is 29.5 Å². The van der Waals surface area contributed by atoms with Gasteiger partial charge in [0.05, 0.1) is 19.8 Å². The van der Waals surface area contributed by atoms with Crippen molar-refractivity contribution in [3.63, 3.8) is 0 Å². The summed E-state index contributed by atoms with van der Waals surface area (Å²) >= 11 is 0. The van der Waals surface area contributed by atoms with Crippen LogP contribution in [0.4, 0.5) is 0 Å². The first-order chi connectivity index (χ1) is 12.6. The van der Waals surface area contributed by atoms with Crippen molar-refractivity contribution < 1.29 is 4.74 Å². The maximum absolute atomic E-state index is 5.57. The molecule has 1 aliphatic heterocycles. The maximum Gasteiger partial charge on any atom is 0.191 e. The fourth-order valence-corrected chi connectivity index (χ4v) is 4.09. The summed E-state index contributed by atoms with van der Waals surface area (Å²) in [5.41, 5.74) is 0.223. The monoisotopic (exact) mass is 491 g/mol. The number of ether oxygens (including phenoxy) is 1.